The highest BCUT2D eigenvalue weighted by Gasteiger charge is 2.31. The maximum absolute atomic E-state index is 12.1. The highest BCUT2D eigenvalue weighted by molar-refractivity contribution is 5.95. The first-order valence-electron chi connectivity index (χ1n) is 5.64. The van der Waals surface area contributed by atoms with Crippen molar-refractivity contribution >= 4 is 11.9 Å². The summed E-state index contributed by atoms with van der Waals surface area (Å²) in [6.07, 6.45) is 0.485. The van der Waals surface area contributed by atoms with Gasteiger partial charge in [-0.3, -0.25) is 9.59 Å². The number of carbonyl (C=O) groups excluding carboxylic acids is 1. The summed E-state index contributed by atoms with van der Waals surface area (Å²) in [5.41, 5.74) is 0.856. The van der Waals surface area contributed by atoms with Crippen LogP contribution in [-0.4, -0.2) is 35.0 Å². The predicted octanol–water partition coefficient (Wildman–Crippen LogP) is 1.10. The Morgan fingerprint density at radius 2 is 2.22 bits per heavy atom. The Morgan fingerprint density at radius 3 is 2.83 bits per heavy atom. The first kappa shape index (κ1) is 12.1. The van der Waals surface area contributed by atoms with Gasteiger partial charge in [0.1, 0.15) is 0 Å². The molecule has 0 bridgehead atoms. The van der Waals surface area contributed by atoms with Crippen molar-refractivity contribution in [3.8, 4) is 6.07 Å². The van der Waals surface area contributed by atoms with Gasteiger partial charge in [-0.05, 0) is 24.6 Å². The average molecular weight is 244 g/mol. The molecule has 5 heteroatoms. The molecule has 0 aliphatic carbocycles. The van der Waals surface area contributed by atoms with Gasteiger partial charge in [-0.15, -0.1) is 0 Å². The molecule has 1 aromatic carbocycles. The van der Waals surface area contributed by atoms with Crippen LogP contribution in [0.4, 0.5) is 0 Å². The molecule has 1 aromatic rings. The van der Waals surface area contributed by atoms with Gasteiger partial charge >= 0.3 is 5.97 Å². The zero-order chi connectivity index (χ0) is 13.1. The highest BCUT2D eigenvalue weighted by Crippen LogP contribution is 2.19. The fourth-order valence-corrected chi connectivity index (χ4v) is 2.05. The lowest BCUT2D eigenvalue weighted by Gasteiger charge is -2.15. The Morgan fingerprint density at radius 1 is 1.44 bits per heavy atom. The molecule has 1 heterocycles. The summed E-state index contributed by atoms with van der Waals surface area (Å²) in [5, 5.41) is 17.7. The normalized spacial score (nSPS) is 18.4. The van der Waals surface area contributed by atoms with Crippen molar-refractivity contribution in [1.29, 1.82) is 5.26 Å². The second-order valence-electron chi connectivity index (χ2n) is 4.27. The van der Waals surface area contributed by atoms with E-state index in [1.807, 2.05) is 6.07 Å². The van der Waals surface area contributed by atoms with Crippen molar-refractivity contribution in [2.45, 2.75) is 6.42 Å². The third-order valence-corrected chi connectivity index (χ3v) is 3.06. The Bertz CT molecular complexity index is 533. The lowest BCUT2D eigenvalue weighted by molar-refractivity contribution is -0.141. The number of aliphatic carboxylic acids is 1. The number of benzene rings is 1. The third kappa shape index (κ3) is 2.33. The van der Waals surface area contributed by atoms with Crippen molar-refractivity contribution in [2.24, 2.45) is 5.92 Å². The monoisotopic (exact) mass is 244 g/mol. The fourth-order valence-electron chi connectivity index (χ4n) is 2.05. The van der Waals surface area contributed by atoms with Gasteiger partial charge in [0.15, 0.2) is 0 Å². The Hall–Kier alpha value is -2.35. The molecule has 0 aromatic heterocycles. The number of likely N-dealkylation sites (tertiary alicyclic amines) is 1. The van der Waals surface area contributed by atoms with Crippen molar-refractivity contribution < 1.29 is 14.7 Å². The minimum Gasteiger partial charge on any atom is -0.481 e. The van der Waals surface area contributed by atoms with Crippen molar-refractivity contribution in [3.63, 3.8) is 0 Å². The second kappa shape index (κ2) is 4.88. The first-order chi connectivity index (χ1) is 8.61. The third-order valence-electron chi connectivity index (χ3n) is 3.06. The molecule has 18 heavy (non-hydrogen) atoms. The highest BCUT2D eigenvalue weighted by atomic mass is 16.4. The van der Waals surface area contributed by atoms with Crippen LogP contribution in [0.25, 0.3) is 0 Å². The van der Waals surface area contributed by atoms with E-state index in [1.54, 1.807) is 18.2 Å². The van der Waals surface area contributed by atoms with Crippen molar-refractivity contribution in [2.75, 3.05) is 13.1 Å². The van der Waals surface area contributed by atoms with E-state index < -0.39 is 11.9 Å². The molecule has 1 saturated heterocycles. The van der Waals surface area contributed by atoms with Crippen LogP contribution >= 0.6 is 0 Å². The summed E-state index contributed by atoms with van der Waals surface area (Å²) in [6.45, 7) is 0.692. The average Bonchev–Trinajstić information content (AvgIpc) is 2.87. The van der Waals surface area contributed by atoms with E-state index in [0.29, 0.717) is 24.1 Å². The number of amides is 1. The minimum absolute atomic E-state index is 0.212. The van der Waals surface area contributed by atoms with Gasteiger partial charge in [0, 0.05) is 18.7 Å². The van der Waals surface area contributed by atoms with E-state index in [2.05, 4.69) is 0 Å². The van der Waals surface area contributed by atoms with Gasteiger partial charge in [-0.25, -0.2) is 0 Å². The van der Waals surface area contributed by atoms with Gasteiger partial charge in [-0.1, -0.05) is 6.07 Å². The molecule has 1 atom stereocenters. The number of nitriles is 1. The minimum atomic E-state index is -0.865. The van der Waals surface area contributed by atoms with E-state index in [4.69, 9.17) is 10.4 Å². The maximum Gasteiger partial charge on any atom is 0.308 e. The van der Waals surface area contributed by atoms with Crippen LogP contribution in [0.2, 0.25) is 0 Å². The Labute approximate surface area is 104 Å². The van der Waals surface area contributed by atoms with Crippen LogP contribution in [0.3, 0.4) is 0 Å². The number of carboxylic acids is 1. The van der Waals surface area contributed by atoms with E-state index in [1.165, 1.54) is 11.0 Å². The number of nitrogens with zero attached hydrogens (tertiary/aromatic N) is 2. The summed E-state index contributed by atoms with van der Waals surface area (Å²) in [5.74, 6) is -1.56. The zero-order valence-corrected chi connectivity index (χ0v) is 9.67. The first-order valence-corrected chi connectivity index (χ1v) is 5.64. The van der Waals surface area contributed by atoms with Crippen molar-refractivity contribution in [1.82, 2.24) is 4.90 Å². The summed E-state index contributed by atoms with van der Waals surface area (Å²) in [4.78, 5) is 24.5. The Kier molecular flexibility index (Phi) is 3.28. The van der Waals surface area contributed by atoms with Gasteiger partial charge in [-0.2, -0.15) is 5.26 Å². The molecule has 0 spiro atoms. The van der Waals surface area contributed by atoms with Crippen molar-refractivity contribution in [3.05, 3.63) is 35.4 Å². The molecule has 0 saturated carbocycles. The molecule has 1 N–H and O–H groups in total. The maximum atomic E-state index is 12.1. The van der Waals surface area contributed by atoms with E-state index >= 15 is 0 Å². The molecule has 2 rings (SSSR count). The predicted molar refractivity (Wildman–Crippen MR) is 62.8 cm³/mol. The number of hydrogen-bond acceptors (Lipinski definition) is 3. The van der Waals surface area contributed by atoms with Crippen LogP contribution in [0.1, 0.15) is 22.3 Å². The SMILES string of the molecule is N#Cc1cccc(C(=O)N2CC[C@H](C(=O)O)C2)c1. The summed E-state index contributed by atoms with van der Waals surface area (Å²) in [7, 11) is 0. The number of carboxylic acid groups (broad SMARTS) is 1. The molecule has 0 unspecified atom stereocenters. The van der Waals surface area contributed by atoms with Crippen LogP contribution in [0.5, 0.6) is 0 Å². The lowest BCUT2D eigenvalue weighted by atomic mass is 10.1. The smallest absolute Gasteiger partial charge is 0.308 e. The van der Waals surface area contributed by atoms with Crippen LogP contribution in [-0.2, 0) is 4.79 Å². The number of rotatable bonds is 2. The molecule has 5 nitrogen and oxygen atoms in total. The van der Waals surface area contributed by atoms with Gasteiger partial charge in [0.2, 0.25) is 0 Å². The standard InChI is InChI=1S/C13H12N2O3/c14-7-9-2-1-3-10(6-9)12(16)15-5-4-11(8-15)13(17)18/h1-3,6,11H,4-5,8H2,(H,17,18)/t11-/m0/s1. The number of carbonyl (C=O) groups is 2. The molecular formula is C13H12N2O3. The largest absolute Gasteiger partial charge is 0.481 e. The quantitative estimate of drug-likeness (QED) is 0.844. The molecule has 0 radical (unpaired) electrons. The van der Waals surface area contributed by atoms with Gasteiger partial charge in [0.25, 0.3) is 5.91 Å². The van der Waals surface area contributed by atoms with Crippen LogP contribution in [0, 0.1) is 17.2 Å². The molecule has 1 fully saturated rings. The van der Waals surface area contributed by atoms with Crippen LogP contribution < -0.4 is 0 Å². The van der Waals surface area contributed by atoms with Gasteiger partial charge in [0.05, 0.1) is 17.6 Å². The topological polar surface area (TPSA) is 81.4 Å². The summed E-state index contributed by atoms with van der Waals surface area (Å²) < 4.78 is 0. The van der Waals surface area contributed by atoms with E-state index in [0.717, 1.165) is 0 Å². The van der Waals surface area contributed by atoms with E-state index in [9.17, 15) is 9.59 Å². The molecule has 92 valence electrons. The Balaban J connectivity index is 2.13. The second-order valence-corrected chi connectivity index (χ2v) is 4.27. The fraction of sp³-hybridized carbons (Fsp3) is 0.308. The lowest BCUT2D eigenvalue weighted by Crippen LogP contribution is -2.29. The molecule has 1 amide bonds. The zero-order valence-electron chi connectivity index (χ0n) is 9.67. The van der Waals surface area contributed by atoms with Crippen LogP contribution in [0.15, 0.2) is 24.3 Å². The van der Waals surface area contributed by atoms with Gasteiger partial charge < -0.3 is 10.0 Å². The molecule has 1 aliphatic heterocycles. The molecule has 1 aliphatic rings. The molecular weight excluding hydrogens is 232 g/mol. The summed E-state index contributed by atoms with van der Waals surface area (Å²) >= 11 is 0. The number of hydrogen-bond donors (Lipinski definition) is 1. The van der Waals surface area contributed by atoms with E-state index in [-0.39, 0.29) is 12.5 Å². The summed E-state index contributed by atoms with van der Waals surface area (Å²) in [6, 6.07) is 8.41.